The number of rotatable bonds is 3. The van der Waals surface area contributed by atoms with E-state index in [0.29, 0.717) is 18.7 Å². The maximum Gasteiger partial charge on any atom is 0.337 e. The summed E-state index contributed by atoms with van der Waals surface area (Å²) in [6.07, 6.45) is -0.672. The molecule has 0 N–H and O–H groups in total. The first-order valence-electron chi connectivity index (χ1n) is 5.22. The molecule has 0 atom stereocenters. The smallest absolute Gasteiger partial charge is 0.337 e. The van der Waals surface area contributed by atoms with Crippen molar-refractivity contribution in [1.29, 1.82) is 0 Å². The molecule has 1 heterocycles. The summed E-state index contributed by atoms with van der Waals surface area (Å²) in [5.74, 6) is -0.334. The minimum absolute atomic E-state index is 0.334. The molecule has 0 radical (unpaired) electrons. The molecule has 1 aliphatic rings. The molecule has 1 aromatic rings. The van der Waals surface area contributed by atoms with Crippen molar-refractivity contribution < 1.29 is 13.9 Å². The number of nitrogens with zero attached hydrogens (tertiary/aromatic N) is 1. The van der Waals surface area contributed by atoms with Crippen molar-refractivity contribution in [2.75, 3.05) is 20.2 Å². The van der Waals surface area contributed by atoms with Crippen LogP contribution in [0.4, 0.5) is 4.39 Å². The molecule has 1 aliphatic heterocycles. The van der Waals surface area contributed by atoms with Crippen LogP contribution in [0.15, 0.2) is 24.3 Å². The number of methoxy groups -OCH3 is 1. The molecule has 2 rings (SSSR count). The van der Waals surface area contributed by atoms with Crippen molar-refractivity contribution in [3.05, 3.63) is 35.4 Å². The van der Waals surface area contributed by atoms with Gasteiger partial charge in [-0.25, -0.2) is 9.18 Å². The number of benzene rings is 1. The van der Waals surface area contributed by atoms with Crippen molar-refractivity contribution in [1.82, 2.24) is 4.90 Å². The van der Waals surface area contributed by atoms with Gasteiger partial charge in [0.15, 0.2) is 0 Å². The van der Waals surface area contributed by atoms with Crippen molar-refractivity contribution in [3.8, 4) is 0 Å². The predicted octanol–water partition coefficient (Wildman–Crippen LogP) is 1.63. The molecule has 0 aromatic heterocycles. The van der Waals surface area contributed by atoms with Crippen LogP contribution in [-0.2, 0) is 11.3 Å². The Morgan fingerprint density at radius 3 is 2.56 bits per heavy atom. The number of alkyl halides is 1. The predicted molar refractivity (Wildman–Crippen MR) is 58.0 cm³/mol. The molecule has 1 saturated heterocycles. The van der Waals surface area contributed by atoms with Gasteiger partial charge < -0.3 is 4.74 Å². The highest BCUT2D eigenvalue weighted by Crippen LogP contribution is 2.15. The fraction of sp³-hybridized carbons (Fsp3) is 0.417. The first kappa shape index (κ1) is 11.1. The van der Waals surface area contributed by atoms with Gasteiger partial charge in [0.25, 0.3) is 0 Å². The van der Waals surface area contributed by atoms with Gasteiger partial charge >= 0.3 is 5.97 Å². The molecule has 16 heavy (non-hydrogen) atoms. The normalized spacial score (nSPS) is 16.9. The second kappa shape index (κ2) is 4.61. The van der Waals surface area contributed by atoms with Crippen molar-refractivity contribution in [2.45, 2.75) is 12.7 Å². The number of ether oxygens (including phenoxy) is 1. The van der Waals surface area contributed by atoms with Crippen LogP contribution in [0.5, 0.6) is 0 Å². The van der Waals surface area contributed by atoms with E-state index in [1.54, 1.807) is 12.1 Å². The molecule has 4 heteroatoms. The van der Waals surface area contributed by atoms with E-state index >= 15 is 0 Å². The van der Waals surface area contributed by atoms with Gasteiger partial charge in [-0.05, 0) is 17.7 Å². The fourth-order valence-electron chi connectivity index (χ4n) is 1.76. The van der Waals surface area contributed by atoms with Gasteiger partial charge in [-0.15, -0.1) is 0 Å². The summed E-state index contributed by atoms with van der Waals surface area (Å²) in [6, 6.07) is 7.21. The van der Waals surface area contributed by atoms with Gasteiger partial charge in [-0.2, -0.15) is 0 Å². The molecule has 0 unspecified atom stereocenters. The first-order chi connectivity index (χ1) is 7.69. The number of hydrogen-bond acceptors (Lipinski definition) is 3. The lowest BCUT2D eigenvalue weighted by molar-refractivity contribution is 0.0590. The fourth-order valence-corrected chi connectivity index (χ4v) is 1.76. The van der Waals surface area contributed by atoms with Crippen LogP contribution in [0.25, 0.3) is 0 Å². The van der Waals surface area contributed by atoms with Gasteiger partial charge in [-0.3, -0.25) is 4.90 Å². The molecular weight excluding hydrogens is 209 g/mol. The summed E-state index contributed by atoms with van der Waals surface area (Å²) >= 11 is 0. The first-order valence-corrected chi connectivity index (χ1v) is 5.22. The average molecular weight is 223 g/mol. The zero-order valence-electron chi connectivity index (χ0n) is 9.15. The summed E-state index contributed by atoms with van der Waals surface area (Å²) in [7, 11) is 1.36. The third-order valence-corrected chi connectivity index (χ3v) is 2.69. The maximum atomic E-state index is 12.6. The van der Waals surface area contributed by atoms with Gasteiger partial charge in [0, 0.05) is 19.6 Å². The van der Waals surface area contributed by atoms with Gasteiger partial charge in [-0.1, -0.05) is 12.1 Å². The Kier molecular flexibility index (Phi) is 3.19. The monoisotopic (exact) mass is 223 g/mol. The van der Waals surface area contributed by atoms with E-state index < -0.39 is 6.17 Å². The van der Waals surface area contributed by atoms with Gasteiger partial charge in [0.05, 0.1) is 12.7 Å². The topological polar surface area (TPSA) is 29.5 Å². The second-order valence-corrected chi connectivity index (χ2v) is 3.98. The van der Waals surface area contributed by atoms with Gasteiger partial charge in [0.2, 0.25) is 0 Å². The lowest BCUT2D eigenvalue weighted by Crippen LogP contribution is -2.47. The molecular formula is C12H14FNO2. The average Bonchev–Trinajstić information content (AvgIpc) is 2.27. The van der Waals surface area contributed by atoms with Crippen LogP contribution in [0.1, 0.15) is 15.9 Å². The number of hydrogen-bond donors (Lipinski definition) is 0. The SMILES string of the molecule is COC(=O)c1ccc(CN2CC(F)C2)cc1. The van der Waals surface area contributed by atoms with Crippen molar-refractivity contribution in [3.63, 3.8) is 0 Å². The molecule has 86 valence electrons. The second-order valence-electron chi connectivity index (χ2n) is 3.98. The summed E-state index contributed by atoms with van der Waals surface area (Å²) in [5, 5.41) is 0. The zero-order chi connectivity index (χ0) is 11.5. The van der Waals surface area contributed by atoms with E-state index in [2.05, 4.69) is 4.74 Å². The molecule has 0 spiro atoms. The maximum absolute atomic E-state index is 12.6. The third-order valence-electron chi connectivity index (χ3n) is 2.69. The van der Waals surface area contributed by atoms with Crippen LogP contribution in [-0.4, -0.2) is 37.2 Å². The largest absolute Gasteiger partial charge is 0.465 e. The van der Waals surface area contributed by atoms with Crippen LogP contribution in [0.3, 0.4) is 0 Å². The molecule has 0 bridgehead atoms. The Morgan fingerprint density at radius 2 is 2.06 bits per heavy atom. The molecule has 0 aliphatic carbocycles. The van der Waals surface area contributed by atoms with Crippen LogP contribution >= 0.6 is 0 Å². The molecule has 1 fully saturated rings. The lowest BCUT2D eigenvalue weighted by Gasteiger charge is -2.34. The minimum Gasteiger partial charge on any atom is -0.465 e. The Morgan fingerprint density at radius 1 is 1.44 bits per heavy atom. The third kappa shape index (κ3) is 2.39. The Bertz CT molecular complexity index is 371. The number of likely N-dealkylation sites (tertiary alicyclic amines) is 1. The molecule has 3 nitrogen and oxygen atoms in total. The van der Waals surface area contributed by atoms with Crippen LogP contribution in [0, 0.1) is 0 Å². The van der Waals surface area contributed by atoms with Crippen molar-refractivity contribution in [2.24, 2.45) is 0 Å². The highest BCUT2D eigenvalue weighted by molar-refractivity contribution is 5.89. The lowest BCUT2D eigenvalue weighted by atomic mass is 10.1. The number of carbonyl (C=O) groups is 1. The van der Waals surface area contributed by atoms with Crippen molar-refractivity contribution >= 4 is 5.97 Å². The Hall–Kier alpha value is -1.42. The Labute approximate surface area is 93.8 Å². The summed E-state index contributed by atoms with van der Waals surface area (Å²) in [4.78, 5) is 13.2. The van der Waals surface area contributed by atoms with Gasteiger partial charge in [0.1, 0.15) is 6.17 Å². The van der Waals surface area contributed by atoms with E-state index in [0.717, 1.165) is 12.1 Å². The van der Waals surface area contributed by atoms with Crippen LogP contribution in [0.2, 0.25) is 0 Å². The number of esters is 1. The molecule has 0 saturated carbocycles. The van der Waals surface area contributed by atoms with E-state index in [1.165, 1.54) is 7.11 Å². The minimum atomic E-state index is -0.672. The van der Waals surface area contributed by atoms with E-state index in [1.807, 2.05) is 17.0 Å². The van der Waals surface area contributed by atoms with E-state index in [-0.39, 0.29) is 5.97 Å². The van der Waals surface area contributed by atoms with E-state index in [9.17, 15) is 9.18 Å². The zero-order valence-corrected chi connectivity index (χ0v) is 9.15. The quantitative estimate of drug-likeness (QED) is 0.729. The van der Waals surface area contributed by atoms with Crippen LogP contribution < -0.4 is 0 Å². The highest BCUT2D eigenvalue weighted by Gasteiger charge is 2.25. The highest BCUT2D eigenvalue weighted by atomic mass is 19.1. The number of carbonyl (C=O) groups excluding carboxylic acids is 1. The number of halogens is 1. The molecule has 1 aromatic carbocycles. The molecule has 0 amide bonds. The summed E-state index contributed by atoms with van der Waals surface area (Å²) < 4.78 is 17.2. The standard InChI is InChI=1S/C12H14FNO2/c1-16-12(15)10-4-2-9(3-5-10)6-14-7-11(13)8-14/h2-5,11H,6-8H2,1H3. The van der Waals surface area contributed by atoms with E-state index in [4.69, 9.17) is 0 Å². The summed E-state index contributed by atoms with van der Waals surface area (Å²) in [5.41, 5.74) is 1.62. The summed E-state index contributed by atoms with van der Waals surface area (Å²) in [6.45, 7) is 1.76. The Balaban J connectivity index is 1.94.